The van der Waals surface area contributed by atoms with Crippen LogP contribution >= 0.6 is 31.9 Å². The highest BCUT2D eigenvalue weighted by atomic mass is 79.9. The van der Waals surface area contributed by atoms with Gasteiger partial charge in [0.1, 0.15) is 10.6 Å². The maximum atomic E-state index is 11.3. The lowest BCUT2D eigenvalue weighted by atomic mass is 10.1. The SMILES string of the molecule is COC(=O)C(Br)c1ccc(Br)cc1OC. The average molecular weight is 338 g/mol. The summed E-state index contributed by atoms with van der Waals surface area (Å²) in [7, 11) is 2.91. The van der Waals surface area contributed by atoms with E-state index in [0.717, 1.165) is 10.0 Å². The van der Waals surface area contributed by atoms with E-state index in [1.54, 1.807) is 19.2 Å². The van der Waals surface area contributed by atoms with Gasteiger partial charge in [0.15, 0.2) is 0 Å². The summed E-state index contributed by atoms with van der Waals surface area (Å²) in [6, 6.07) is 5.45. The zero-order valence-electron chi connectivity index (χ0n) is 8.29. The zero-order valence-corrected chi connectivity index (χ0v) is 11.5. The predicted molar refractivity (Wildman–Crippen MR) is 64.4 cm³/mol. The molecule has 0 aromatic heterocycles. The van der Waals surface area contributed by atoms with E-state index in [-0.39, 0.29) is 5.97 Å². The van der Waals surface area contributed by atoms with Crippen LogP contribution in [0.25, 0.3) is 0 Å². The Hall–Kier alpha value is -0.550. The number of carbonyl (C=O) groups is 1. The lowest BCUT2D eigenvalue weighted by molar-refractivity contribution is -0.139. The number of alkyl halides is 1. The molecule has 0 aliphatic rings. The van der Waals surface area contributed by atoms with Gasteiger partial charge in [0, 0.05) is 10.0 Å². The van der Waals surface area contributed by atoms with Crippen molar-refractivity contribution in [3.63, 3.8) is 0 Å². The first-order chi connectivity index (χ1) is 7.10. The second kappa shape index (κ2) is 5.51. The van der Waals surface area contributed by atoms with Gasteiger partial charge >= 0.3 is 5.97 Å². The molecule has 1 unspecified atom stereocenters. The summed E-state index contributed by atoms with van der Waals surface area (Å²) in [5, 5.41) is 0. The summed E-state index contributed by atoms with van der Waals surface area (Å²) in [5.41, 5.74) is 0.743. The van der Waals surface area contributed by atoms with Crippen LogP contribution in [-0.2, 0) is 9.53 Å². The molecule has 0 spiro atoms. The molecule has 15 heavy (non-hydrogen) atoms. The number of ether oxygens (including phenoxy) is 2. The van der Waals surface area contributed by atoms with Gasteiger partial charge in [-0.2, -0.15) is 0 Å². The normalized spacial score (nSPS) is 12.0. The molecule has 0 amide bonds. The van der Waals surface area contributed by atoms with Crippen molar-refractivity contribution in [3.8, 4) is 5.75 Å². The predicted octanol–water partition coefficient (Wildman–Crippen LogP) is 3.07. The summed E-state index contributed by atoms with van der Waals surface area (Å²) in [6.45, 7) is 0. The fraction of sp³-hybridized carbons (Fsp3) is 0.300. The Kier molecular flexibility index (Phi) is 4.60. The summed E-state index contributed by atoms with van der Waals surface area (Å²) in [4.78, 5) is 10.8. The Balaban J connectivity index is 3.07. The second-order valence-electron chi connectivity index (χ2n) is 2.77. The van der Waals surface area contributed by atoms with E-state index < -0.39 is 4.83 Å². The second-order valence-corrected chi connectivity index (χ2v) is 4.60. The minimum Gasteiger partial charge on any atom is -0.496 e. The van der Waals surface area contributed by atoms with E-state index in [4.69, 9.17) is 4.74 Å². The number of rotatable bonds is 3. The molecule has 0 radical (unpaired) electrons. The van der Waals surface area contributed by atoms with Gasteiger partial charge in [-0.15, -0.1) is 0 Å². The molecule has 0 fully saturated rings. The fourth-order valence-electron chi connectivity index (χ4n) is 1.12. The molecule has 0 saturated heterocycles. The number of hydrogen-bond donors (Lipinski definition) is 0. The molecular formula is C10H10Br2O3. The Bertz CT molecular complexity index is 366. The molecule has 3 nitrogen and oxygen atoms in total. The lowest BCUT2D eigenvalue weighted by Crippen LogP contribution is -2.09. The molecule has 0 N–H and O–H groups in total. The van der Waals surface area contributed by atoms with E-state index >= 15 is 0 Å². The molecule has 0 aliphatic carbocycles. The zero-order chi connectivity index (χ0) is 11.4. The molecule has 0 aliphatic heterocycles. The standard InChI is InChI=1S/C10H10Br2O3/c1-14-8-5-6(11)3-4-7(8)9(12)10(13)15-2/h3-5,9H,1-2H3. The lowest BCUT2D eigenvalue weighted by Gasteiger charge is -2.12. The number of methoxy groups -OCH3 is 2. The minimum absolute atomic E-state index is 0.351. The van der Waals surface area contributed by atoms with Gasteiger partial charge in [0.05, 0.1) is 14.2 Å². The highest BCUT2D eigenvalue weighted by molar-refractivity contribution is 9.10. The molecule has 0 bridgehead atoms. The summed E-state index contributed by atoms with van der Waals surface area (Å²) in [6.07, 6.45) is 0. The Morgan fingerprint density at radius 3 is 2.60 bits per heavy atom. The monoisotopic (exact) mass is 336 g/mol. The van der Waals surface area contributed by atoms with Gasteiger partial charge in [0.2, 0.25) is 0 Å². The highest BCUT2D eigenvalue weighted by Gasteiger charge is 2.21. The van der Waals surface area contributed by atoms with Crippen LogP contribution in [0.2, 0.25) is 0 Å². The number of benzene rings is 1. The molecule has 82 valence electrons. The third-order valence-corrected chi connectivity index (χ3v) is 3.24. The largest absolute Gasteiger partial charge is 0.496 e. The van der Waals surface area contributed by atoms with Crippen molar-refractivity contribution in [1.29, 1.82) is 0 Å². The van der Waals surface area contributed by atoms with E-state index in [1.807, 2.05) is 6.07 Å². The van der Waals surface area contributed by atoms with Crippen LogP contribution in [0.1, 0.15) is 10.4 Å². The Morgan fingerprint density at radius 2 is 2.07 bits per heavy atom. The van der Waals surface area contributed by atoms with E-state index in [0.29, 0.717) is 5.75 Å². The van der Waals surface area contributed by atoms with Crippen molar-refractivity contribution in [2.45, 2.75) is 4.83 Å². The van der Waals surface area contributed by atoms with Crippen LogP contribution in [0.3, 0.4) is 0 Å². The van der Waals surface area contributed by atoms with Gasteiger partial charge < -0.3 is 9.47 Å². The van der Waals surface area contributed by atoms with Crippen LogP contribution in [0, 0.1) is 0 Å². The van der Waals surface area contributed by atoms with Crippen LogP contribution < -0.4 is 4.74 Å². The van der Waals surface area contributed by atoms with Crippen molar-refractivity contribution in [2.24, 2.45) is 0 Å². The number of carbonyl (C=O) groups excluding carboxylic acids is 1. The topological polar surface area (TPSA) is 35.5 Å². The van der Waals surface area contributed by atoms with Crippen molar-refractivity contribution in [1.82, 2.24) is 0 Å². The van der Waals surface area contributed by atoms with Crippen molar-refractivity contribution >= 4 is 37.8 Å². The summed E-state index contributed by atoms with van der Waals surface area (Å²) < 4.78 is 10.7. The Morgan fingerprint density at radius 1 is 1.40 bits per heavy atom. The molecule has 0 saturated carbocycles. The quantitative estimate of drug-likeness (QED) is 0.628. The first kappa shape index (κ1) is 12.5. The maximum Gasteiger partial charge on any atom is 0.324 e. The van der Waals surface area contributed by atoms with Gasteiger partial charge in [-0.3, -0.25) is 4.79 Å². The van der Waals surface area contributed by atoms with Crippen molar-refractivity contribution in [3.05, 3.63) is 28.2 Å². The van der Waals surface area contributed by atoms with Crippen LogP contribution in [0.15, 0.2) is 22.7 Å². The molecule has 1 atom stereocenters. The van der Waals surface area contributed by atoms with Gasteiger partial charge in [0.25, 0.3) is 0 Å². The van der Waals surface area contributed by atoms with Crippen molar-refractivity contribution in [2.75, 3.05) is 14.2 Å². The van der Waals surface area contributed by atoms with E-state index in [9.17, 15) is 4.79 Å². The van der Waals surface area contributed by atoms with Crippen LogP contribution in [0.4, 0.5) is 0 Å². The first-order valence-corrected chi connectivity index (χ1v) is 5.86. The molecule has 0 heterocycles. The van der Waals surface area contributed by atoms with E-state index in [1.165, 1.54) is 7.11 Å². The number of hydrogen-bond acceptors (Lipinski definition) is 3. The fourth-order valence-corrected chi connectivity index (χ4v) is 2.03. The molecule has 1 aromatic carbocycles. The number of esters is 1. The number of halogens is 2. The van der Waals surface area contributed by atoms with Gasteiger partial charge in [-0.05, 0) is 12.1 Å². The maximum absolute atomic E-state index is 11.3. The van der Waals surface area contributed by atoms with Crippen molar-refractivity contribution < 1.29 is 14.3 Å². The third kappa shape index (κ3) is 2.95. The molecule has 5 heteroatoms. The highest BCUT2D eigenvalue weighted by Crippen LogP contribution is 2.33. The molecular weight excluding hydrogens is 328 g/mol. The molecule has 1 rings (SSSR count). The first-order valence-electron chi connectivity index (χ1n) is 4.15. The van der Waals surface area contributed by atoms with Crippen LogP contribution in [-0.4, -0.2) is 20.2 Å². The summed E-state index contributed by atoms with van der Waals surface area (Å²) in [5.74, 6) is 0.285. The summed E-state index contributed by atoms with van der Waals surface area (Å²) >= 11 is 6.59. The van der Waals surface area contributed by atoms with Gasteiger partial charge in [-0.25, -0.2) is 0 Å². The minimum atomic E-state index is -0.509. The molecule has 1 aromatic rings. The van der Waals surface area contributed by atoms with Gasteiger partial charge in [-0.1, -0.05) is 37.9 Å². The third-order valence-electron chi connectivity index (χ3n) is 1.88. The average Bonchev–Trinajstić information content (AvgIpc) is 2.26. The van der Waals surface area contributed by atoms with E-state index in [2.05, 4.69) is 36.6 Å². The Labute approximate surface area is 105 Å². The van der Waals surface area contributed by atoms with Crippen LogP contribution in [0.5, 0.6) is 5.75 Å². The smallest absolute Gasteiger partial charge is 0.324 e.